The first-order valence-electron chi connectivity index (χ1n) is 7.70. The number of nitrogens with one attached hydrogen (secondary N) is 1. The molecule has 1 aromatic carbocycles. The first-order valence-corrected chi connectivity index (χ1v) is 10.00. The maximum Gasteiger partial charge on any atom is 0.348 e. The average Bonchev–Trinajstić information content (AvgIpc) is 2.99. The molecular weight excluding hydrogens is 410 g/mol. The van der Waals surface area contributed by atoms with Gasteiger partial charge in [0.1, 0.15) is 4.88 Å². The third-order valence-electron chi connectivity index (χ3n) is 3.84. The van der Waals surface area contributed by atoms with Gasteiger partial charge in [0.05, 0.1) is 25.3 Å². The summed E-state index contributed by atoms with van der Waals surface area (Å²) in [4.78, 5) is 35.2. The maximum atomic E-state index is 12.9. The van der Waals surface area contributed by atoms with Crippen LogP contribution in [0.3, 0.4) is 0 Å². The highest BCUT2D eigenvalue weighted by Gasteiger charge is 2.32. The molecule has 9 nitrogen and oxygen atoms in total. The number of thiophene rings is 1. The molecule has 0 unspecified atom stereocenters. The Morgan fingerprint density at radius 1 is 1.07 bits per heavy atom. The van der Waals surface area contributed by atoms with Crippen molar-refractivity contribution >= 4 is 45.0 Å². The van der Waals surface area contributed by atoms with Crippen LogP contribution in [0.4, 0.5) is 5.69 Å². The number of aryl methyl sites for hydroxylation is 1. The Hall–Kier alpha value is -2.92. The van der Waals surface area contributed by atoms with Gasteiger partial charge in [-0.2, -0.15) is 0 Å². The first-order chi connectivity index (χ1) is 13.0. The summed E-state index contributed by atoms with van der Waals surface area (Å²) in [5.41, 5.74) is 0.186. The van der Waals surface area contributed by atoms with E-state index in [0.717, 1.165) is 20.3 Å². The molecular formula is C17H17NO8S2. The number of methoxy groups -OCH3 is 2. The number of esters is 2. The summed E-state index contributed by atoms with van der Waals surface area (Å²) in [6.07, 6.45) is 0. The minimum absolute atomic E-state index is 0.00973. The number of carbonyl (C=O) groups excluding carboxylic acids is 2. The highest BCUT2D eigenvalue weighted by molar-refractivity contribution is 7.94. The molecule has 1 aromatic heterocycles. The standard InChI is InChI=1S/C17H17NO8S2/c1-8-5-6-10(7-11(8)14(19)20)18-28(23,24)17-12(15(21)25-3)9(2)13(27-17)16(22)26-4/h5-7,18H,1-4H3,(H,19,20). The van der Waals surface area contributed by atoms with Gasteiger partial charge >= 0.3 is 17.9 Å². The summed E-state index contributed by atoms with van der Waals surface area (Å²) in [7, 11) is -2.12. The lowest BCUT2D eigenvalue weighted by molar-refractivity contribution is 0.0595. The molecule has 0 saturated carbocycles. The van der Waals surface area contributed by atoms with Crippen LogP contribution >= 0.6 is 11.3 Å². The van der Waals surface area contributed by atoms with E-state index >= 15 is 0 Å². The van der Waals surface area contributed by atoms with E-state index in [2.05, 4.69) is 14.2 Å². The largest absolute Gasteiger partial charge is 0.478 e. The van der Waals surface area contributed by atoms with E-state index in [1.54, 1.807) is 6.92 Å². The quantitative estimate of drug-likeness (QED) is 0.671. The van der Waals surface area contributed by atoms with Crippen LogP contribution in [0.25, 0.3) is 0 Å². The molecule has 2 aromatic rings. The van der Waals surface area contributed by atoms with Gasteiger partial charge in [-0.25, -0.2) is 22.8 Å². The maximum absolute atomic E-state index is 12.9. The lowest BCUT2D eigenvalue weighted by atomic mass is 10.1. The highest BCUT2D eigenvalue weighted by Crippen LogP contribution is 2.34. The predicted molar refractivity (Wildman–Crippen MR) is 101 cm³/mol. The summed E-state index contributed by atoms with van der Waals surface area (Å²) in [6.45, 7) is 2.98. The van der Waals surface area contributed by atoms with Gasteiger partial charge in [-0.3, -0.25) is 4.72 Å². The number of sulfonamides is 1. The van der Waals surface area contributed by atoms with E-state index in [1.165, 1.54) is 19.1 Å². The normalized spacial score (nSPS) is 11.0. The SMILES string of the molecule is COC(=O)c1sc(S(=O)(=O)Nc2ccc(C)c(C(=O)O)c2)c(C(=O)OC)c1C. The second kappa shape index (κ2) is 7.98. The molecule has 0 atom stereocenters. The number of anilines is 1. The van der Waals surface area contributed by atoms with Gasteiger partial charge in [-0.1, -0.05) is 6.07 Å². The molecule has 1 heterocycles. The molecule has 150 valence electrons. The number of rotatable bonds is 6. The zero-order valence-electron chi connectivity index (χ0n) is 15.4. The second-order valence-electron chi connectivity index (χ2n) is 5.64. The number of carbonyl (C=O) groups is 3. The van der Waals surface area contributed by atoms with Crippen LogP contribution in [0.5, 0.6) is 0 Å². The third-order valence-corrected chi connectivity index (χ3v) is 7.01. The predicted octanol–water partition coefficient (Wildman–Crippen LogP) is 2.44. The molecule has 0 radical (unpaired) electrons. The van der Waals surface area contributed by atoms with Gasteiger partial charge in [0.25, 0.3) is 10.0 Å². The molecule has 28 heavy (non-hydrogen) atoms. The van der Waals surface area contributed by atoms with Gasteiger partial charge in [0, 0.05) is 5.69 Å². The van der Waals surface area contributed by atoms with Crippen molar-refractivity contribution in [3.05, 3.63) is 45.3 Å². The van der Waals surface area contributed by atoms with Crippen LogP contribution < -0.4 is 4.72 Å². The van der Waals surface area contributed by atoms with Crippen molar-refractivity contribution < 1.29 is 37.4 Å². The number of benzene rings is 1. The fraction of sp³-hybridized carbons (Fsp3) is 0.235. The zero-order chi connectivity index (χ0) is 21.2. The number of ether oxygens (including phenoxy) is 2. The van der Waals surface area contributed by atoms with Gasteiger partial charge in [0.15, 0.2) is 4.21 Å². The molecule has 11 heteroatoms. The van der Waals surface area contributed by atoms with Gasteiger partial charge < -0.3 is 14.6 Å². The van der Waals surface area contributed by atoms with Crippen LogP contribution in [0, 0.1) is 13.8 Å². The van der Waals surface area contributed by atoms with Gasteiger partial charge in [0.2, 0.25) is 0 Å². The second-order valence-corrected chi connectivity index (χ2v) is 8.54. The summed E-state index contributed by atoms with van der Waals surface area (Å²) in [5.74, 6) is -2.94. The van der Waals surface area contributed by atoms with Gasteiger partial charge in [-0.15, -0.1) is 11.3 Å². The lowest BCUT2D eigenvalue weighted by Gasteiger charge is -2.10. The first kappa shape index (κ1) is 21.4. The Kier molecular flexibility index (Phi) is 6.10. The van der Waals surface area contributed by atoms with E-state index < -0.39 is 32.1 Å². The molecule has 0 aliphatic carbocycles. The smallest absolute Gasteiger partial charge is 0.348 e. The molecule has 0 aliphatic heterocycles. The number of hydrogen-bond donors (Lipinski definition) is 2. The number of carboxylic acids is 1. The van der Waals surface area contributed by atoms with Crippen LogP contribution in [0.2, 0.25) is 0 Å². The zero-order valence-corrected chi connectivity index (χ0v) is 17.0. The van der Waals surface area contributed by atoms with E-state index in [4.69, 9.17) is 0 Å². The van der Waals surface area contributed by atoms with Crippen LogP contribution in [-0.2, 0) is 19.5 Å². The Morgan fingerprint density at radius 3 is 2.21 bits per heavy atom. The summed E-state index contributed by atoms with van der Waals surface area (Å²) in [6, 6.07) is 4.00. The van der Waals surface area contributed by atoms with E-state index in [1.807, 2.05) is 0 Å². The molecule has 0 amide bonds. The Bertz CT molecular complexity index is 1070. The minimum atomic E-state index is -4.33. The fourth-order valence-electron chi connectivity index (χ4n) is 2.42. The van der Waals surface area contributed by atoms with Crippen LogP contribution in [-0.4, -0.2) is 45.7 Å². The van der Waals surface area contributed by atoms with E-state index in [0.29, 0.717) is 16.9 Å². The number of aromatic carboxylic acids is 1. The van der Waals surface area contributed by atoms with Crippen LogP contribution in [0.15, 0.2) is 22.4 Å². The Labute approximate surface area is 164 Å². The summed E-state index contributed by atoms with van der Waals surface area (Å²) >= 11 is 0.560. The molecule has 2 rings (SSSR count). The third kappa shape index (κ3) is 3.99. The van der Waals surface area contributed by atoms with Crippen molar-refractivity contribution in [2.75, 3.05) is 18.9 Å². The summed E-state index contributed by atoms with van der Waals surface area (Å²) < 4.78 is 36.8. The van der Waals surface area contributed by atoms with Crippen molar-refractivity contribution in [2.45, 2.75) is 18.1 Å². The average molecular weight is 427 g/mol. The molecule has 0 spiro atoms. The van der Waals surface area contributed by atoms with Gasteiger partial charge in [-0.05, 0) is 37.1 Å². The highest BCUT2D eigenvalue weighted by atomic mass is 32.2. The molecule has 0 fully saturated rings. The van der Waals surface area contributed by atoms with Crippen molar-refractivity contribution in [3.8, 4) is 0 Å². The van der Waals surface area contributed by atoms with Crippen LogP contribution in [0.1, 0.15) is 41.5 Å². The van der Waals surface area contributed by atoms with Crippen molar-refractivity contribution in [1.82, 2.24) is 0 Å². The monoisotopic (exact) mass is 427 g/mol. The van der Waals surface area contributed by atoms with Crippen molar-refractivity contribution in [2.24, 2.45) is 0 Å². The Morgan fingerprint density at radius 2 is 1.68 bits per heavy atom. The summed E-state index contributed by atoms with van der Waals surface area (Å²) in [5, 5.41) is 9.19. The van der Waals surface area contributed by atoms with Crippen molar-refractivity contribution in [3.63, 3.8) is 0 Å². The Balaban J connectivity index is 2.59. The molecule has 0 aliphatic rings. The molecule has 2 N–H and O–H groups in total. The fourth-order valence-corrected chi connectivity index (χ4v) is 5.21. The van der Waals surface area contributed by atoms with E-state index in [-0.39, 0.29) is 27.3 Å². The minimum Gasteiger partial charge on any atom is -0.478 e. The topological polar surface area (TPSA) is 136 Å². The van der Waals surface area contributed by atoms with Crippen molar-refractivity contribution in [1.29, 1.82) is 0 Å². The molecule has 0 bridgehead atoms. The number of hydrogen-bond acceptors (Lipinski definition) is 8. The van der Waals surface area contributed by atoms with E-state index in [9.17, 15) is 27.9 Å². The lowest BCUT2D eigenvalue weighted by Crippen LogP contribution is -2.16. The number of carboxylic acid groups (broad SMARTS) is 1. The molecule has 0 saturated heterocycles.